The summed E-state index contributed by atoms with van der Waals surface area (Å²) in [7, 11) is 0. The minimum Gasteiger partial charge on any atom is -0.465 e. The van der Waals surface area contributed by atoms with Crippen molar-refractivity contribution in [2.45, 2.75) is 13.5 Å². The van der Waals surface area contributed by atoms with E-state index in [2.05, 4.69) is 10.1 Å². The first-order valence-corrected chi connectivity index (χ1v) is 10.6. The van der Waals surface area contributed by atoms with Crippen molar-refractivity contribution in [3.8, 4) is 22.8 Å². The molecule has 0 fully saturated rings. The van der Waals surface area contributed by atoms with Crippen LogP contribution in [0.25, 0.3) is 21.5 Å². The van der Waals surface area contributed by atoms with Gasteiger partial charge in [0.2, 0.25) is 6.79 Å². The number of thiazole rings is 1. The first-order chi connectivity index (χ1) is 15.6. The van der Waals surface area contributed by atoms with E-state index < -0.39 is 11.9 Å². The molecule has 0 radical (unpaired) electrons. The number of hydrogen-bond acceptors (Lipinski definition) is 8. The third-order valence-electron chi connectivity index (χ3n) is 4.75. The lowest BCUT2D eigenvalue weighted by Gasteiger charge is -2.05. The summed E-state index contributed by atoms with van der Waals surface area (Å²) in [5.74, 6) is 0.607. The van der Waals surface area contributed by atoms with Crippen LogP contribution in [0.1, 0.15) is 17.4 Å². The first-order valence-electron chi connectivity index (χ1n) is 9.82. The molecule has 1 aliphatic rings. The Kier molecular flexibility index (Phi) is 5.20. The van der Waals surface area contributed by atoms with Crippen LogP contribution >= 0.6 is 11.3 Å². The fourth-order valence-electron chi connectivity index (χ4n) is 3.29. The summed E-state index contributed by atoms with van der Waals surface area (Å²) in [4.78, 5) is 29.6. The molecule has 5 rings (SSSR count). The van der Waals surface area contributed by atoms with Gasteiger partial charge in [-0.25, -0.2) is 0 Å². The highest BCUT2D eigenvalue weighted by atomic mass is 32.1. The van der Waals surface area contributed by atoms with Crippen molar-refractivity contribution in [3.63, 3.8) is 0 Å². The number of carbonyl (C=O) groups is 2. The number of nitrogens with zero attached hydrogens (tertiary/aromatic N) is 3. The molecular formula is C22H17N3O6S. The van der Waals surface area contributed by atoms with E-state index in [9.17, 15) is 9.59 Å². The standard InChI is InChI=1S/C22H17N3O6S/c1-2-28-20(26)11-25-15-9-17-18(30-12-29-17)10-19(15)32-22(25)23-21(27)14-8-16(31-24-14)13-6-4-3-5-7-13/h3-10H,2,11-12H2,1H3. The number of benzene rings is 2. The van der Waals surface area contributed by atoms with E-state index in [1.165, 1.54) is 11.3 Å². The fourth-order valence-corrected chi connectivity index (χ4v) is 4.33. The zero-order valence-corrected chi connectivity index (χ0v) is 17.8. The molecule has 0 bridgehead atoms. The van der Waals surface area contributed by atoms with Gasteiger partial charge in [0.1, 0.15) is 6.54 Å². The molecule has 4 aromatic rings. The minimum atomic E-state index is -0.583. The van der Waals surface area contributed by atoms with Crippen molar-refractivity contribution in [2.75, 3.05) is 13.4 Å². The highest BCUT2D eigenvalue weighted by Crippen LogP contribution is 2.37. The summed E-state index contributed by atoms with van der Waals surface area (Å²) < 4.78 is 23.7. The van der Waals surface area contributed by atoms with Gasteiger partial charge in [0, 0.05) is 23.8 Å². The van der Waals surface area contributed by atoms with E-state index in [-0.39, 0.29) is 25.6 Å². The molecular weight excluding hydrogens is 434 g/mol. The second-order valence-corrected chi connectivity index (χ2v) is 7.82. The molecule has 0 unspecified atom stereocenters. The van der Waals surface area contributed by atoms with Crippen molar-refractivity contribution >= 4 is 33.4 Å². The summed E-state index contributed by atoms with van der Waals surface area (Å²) in [6.07, 6.45) is 0. The number of ether oxygens (including phenoxy) is 3. The topological polar surface area (TPSA) is 105 Å². The number of esters is 1. The van der Waals surface area contributed by atoms with Crippen LogP contribution in [0.15, 0.2) is 58.0 Å². The fraction of sp³-hybridized carbons (Fsp3) is 0.182. The van der Waals surface area contributed by atoms with Gasteiger partial charge in [0.25, 0.3) is 0 Å². The Labute approximate surface area is 185 Å². The molecule has 3 heterocycles. The molecule has 162 valence electrons. The minimum absolute atomic E-state index is 0.0677. The number of rotatable bonds is 5. The van der Waals surface area contributed by atoms with Crippen LogP contribution in [0.5, 0.6) is 11.5 Å². The molecule has 0 atom stereocenters. The maximum atomic E-state index is 12.8. The van der Waals surface area contributed by atoms with E-state index in [0.717, 1.165) is 10.3 Å². The van der Waals surface area contributed by atoms with Crippen molar-refractivity contribution in [1.82, 2.24) is 9.72 Å². The molecule has 2 aromatic carbocycles. The van der Waals surface area contributed by atoms with Crippen LogP contribution < -0.4 is 14.3 Å². The zero-order chi connectivity index (χ0) is 22.1. The third kappa shape index (κ3) is 3.76. The summed E-state index contributed by atoms with van der Waals surface area (Å²) in [5.41, 5.74) is 1.55. The molecule has 32 heavy (non-hydrogen) atoms. The highest BCUT2D eigenvalue weighted by Gasteiger charge is 2.20. The lowest BCUT2D eigenvalue weighted by molar-refractivity contribution is -0.143. The second-order valence-electron chi connectivity index (χ2n) is 6.81. The first kappa shape index (κ1) is 20.0. The maximum absolute atomic E-state index is 12.8. The molecule has 1 aliphatic heterocycles. The predicted octanol–water partition coefficient (Wildman–Crippen LogP) is 3.39. The largest absolute Gasteiger partial charge is 0.465 e. The molecule has 0 saturated carbocycles. The lowest BCUT2D eigenvalue weighted by atomic mass is 10.1. The van der Waals surface area contributed by atoms with Gasteiger partial charge in [-0.05, 0) is 6.92 Å². The normalized spacial score (nSPS) is 13.0. The SMILES string of the molecule is CCOC(=O)Cn1c(=NC(=O)c2cc(-c3ccccc3)on2)sc2cc3c(cc21)OCO3. The molecule has 0 N–H and O–H groups in total. The molecule has 9 nitrogen and oxygen atoms in total. The summed E-state index contributed by atoms with van der Waals surface area (Å²) in [5, 5.41) is 3.86. The molecule has 0 aliphatic carbocycles. The average molecular weight is 451 g/mol. The van der Waals surface area contributed by atoms with Gasteiger partial charge in [-0.2, -0.15) is 4.99 Å². The van der Waals surface area contributed by atoms with Crippen molar-refractivity contribution in [2.24, 2.45) is 4.99 Å². The van der Waals surface area contributed by atoms with Gasteiger partial charge in [0.15, 0.2) is 27.8 Å². The van der Waals surface area contributed by atoms with Crippen molar-refractivity contribution < 1.29 is 28.3 Å². The van der Waals surface area contributed by atoms with Crippen LogP contribution in [0.2, 0.25) is 0 Å². The Morgan fingerprint density at radius 2 is 1.94 bits per heavy atom. The smallest absolute Gasteiger partial charge is 0.326 e. The monoisotopic (exact) mass is 451 g/mol. The number of hydrogen-bond donors (Lipinski definition) is 0. The molecule has 10 heteroatoms. The van der Waals surface area contributed by atoms with Crippen LogP contribution in [-0.2, 0) is 16.1 Å². The maximum Gasteiger partial charge on any atom is 0.326 e. The number of fused-ring (bicyclic) bond motifs is 2. The van der Waals surface area contributed by atoms with Gasteiger partial charge in [-0.3, -0.25) is 9.59 Å². The molecule has 0 saturated heterocycles. The number of carbonyl (C=O) groups excluding carboxylic acids is 2. The van der Waals surface area contributed by atoms with E-state index in [0.29, 0.717) is 27.6 Å². The molecule has 2 aromatic heterocycles. The van der Waals surface area contributed by atoms with Gasteiger partial charge in [0.05, 0.1) is 16.8 Å². The Morgan fingerprint density at radius 1 is 1.16 bits per heavy atom. The third-order valence-corrected chi connectivity index (χ3v) is 5.80. The van der Waals surface area contributed by atoms with E-state index in [1.54, 1.807) is 29.7 Å². The summed E-state index contributed by atoms with van der Waals surface area (Å²) >= 11 is 1.25. The van der Waals surface area contributed by atoms with E-state index in [1.807, 2.05) is 30.3 Å². The van der Waals surface area contributed by atoms with Gasteiger partial charge in [-0.1, -0.05) is 46.8 Å². The second kappa shape index (κ2) is 8.31. The summed E-state index contributed by atoms with van der Waals surface area (Å²) in [6, 6.07) is 14.4. The molecule has 1 amide bonds. The zero-order valence-electron chi connectivity index (χ0n) is 16.9. The Bertz CT molecular complexity index is 1390. The van der Waals surface area contributed by atoms with Gasteiger partial charge >= 0.3 is 11.9 Å². The van der Waals surface area contributed by atoms with E-state index in [4.69, 9.17) is 18.7 Å². The lowest BCUT2D eigenvalue weighted by Crippen LogP contribution is -2.23. The van der Waals surface area contributed by atoms with Crippen LogP contribution in [0.4, 0.5) is 0 Å². The van der Waals surface area contributed by atoms with E-state index >= 15 is 0 Å². The highest BCUT2D eigenvalue weighted by molar-refractivity contribution is 7.16. The predicted molar refractivity (Wildman–Crippen MR) is 114 cm³/mol. The summed E-state index contributed by atoms with van der Waals surface area (Å²) in [6.45, 7) is 2.01. The van der Waals surface area contributed by atoms with Crippen LogP contribution in [-0.4, -0.2) is 35.0 Å². The number of amides is 1. The Balaban J connectivity index is 1.55. The van der Waals surface area contributed by atoms with Crippen molar-refractivity contribution in [3.05, 3.63) is 59.0 Å². The quantitative estimate of drug-likeness (QED) is 0.428. The van der Waals surface area contributed by atoms with Crippen molar-refractivity contribution in [1.29, 1.82) is 0 Å². The van der Waals surface area contributed by atoms with Crippen LogP contribution in [0, 0.1) is 0 Å². The number of aromatic nitrogens is 2. The van der Waals surface area contributed by atoms with Crippen LogP contribution in [0.3, 0.4) is 0 Å². The molecule has 0 spiro atoms. The Morgan fingerprint density at radius 3 is 2.72 bits per heavy atom. The van der Waals surface area contributed by atoms with Gasteiger partial charge in [-0.15, -0.1) is 0 Å². The Hall–Kier alpha value is -3.92. The van der Waals surface area contributed by atoms with Gasteiger partial charge < -0.3 is 23.3 Å². The average Bonchev–Trinajstić information content (AvgIpc) is 3.52.